The van der Waals surface area contributed by atoms with E-state index in [4.69, 9.17) is 9.40 Å². The number of oxazole rings is 1. The third kappa shape index (κ3) is 4.06. The van der Waals surface area contributed by atoms with Crippen LogP contribution in [0.2, 0.25) is 0 Å². The van der Waals surface area contributed by atoms with Crippen molar-refractivity contribution < 1.29 is 9.21 Å². The Morgan fingerprint density at radius 1 is 0.714 bits per heavy atom. The predicted octanol–water partition coefficient (Wildman–Crippen LogP) is 7.42. The molecule has 0 saturated heterocycles. The Morgan fingerprint density at radius 2 is 1.37 bits per heavy atom. The van der Waals surface area contributed by atoms with E-state index >= 15 is 0 Å². The van der Waals surface area contributed by atoms with Crippen LogP contribution >= 0.6 is 0 Å². The highest BCUT2D eigenvalue weighted by Crippen LogP contribution is 2.32. The summed E-state index contributed by atoms with van der Waals surface area (Å²) < 4.78 is 6.08. The van der Waals surface area contributed by atoms with Gasteiger partial charge in [0.15, 0.2) is 5.58 Å². The van der Waals surface area contributed by atoms with Crippen molar-refractivity contribution >= 4 is 33.5 Å². The Balaban J connectivity index is 1.33. The molecule has 0 radical (unpaired) electrons. The van der Waals surface area contributed by atoms with Gasteiger partial charge in [0.2, 0.25) is 11.8 Å². The van der Waals surface area contributed by atoms with E-state index in [1.54, 1.807) is 0 Å². The minimum atomic E-state index is -0.420. The van der Waals surface area contributed by atoms with Crippen LogP contribution in [0.5, 0.6) is 0 Å². The molecule has 6 aromatic rings. The summed E-state index contributed by atoms with van der Waals surface area (Å²) in [5.74, 6) is 0.0443. The monoisotopic (exact) mass is 454 g/mol. The van der Waals surface area contributed by atoms with Crippen LogP contribution in [-0.2, 0) is 4.79 Å². The van der Waals surface area contributed by atoms with Crippen LogP contribution in [0.3, 0.4) is 0 Å². The normalized spacial score (nSPS) is 11.2. The van der Waals surface area contributed by atoms with Crippen LogP contribution in [0.15, 0.2) is 126 Å². The maximum atomic E-state index is 13.5. The molecular weight excluding hydrogens is 432 g/mol. The molecule has 0 fully saturated rings. The molecule has 0 spiro atoms. The number of rotatable bonds is 5. The van der Waals surface area contributed by atoms with Crippen molar-refractivity contribution in [2.75, 3.05) is 5.32 Å². The Kier molecular flexibility index (Phi) is 5.32. The van der Waals surface area contributed by atoms with Gasteiger partial charge in [-0.1, -0.05) is 97.1 Å². The molecule has 0 aliphatic rings. The summed E-state index contributed by atoms with van der Waals surface area (Å²) >= 11 is 0. The van der Waals surface area contributed by atoms with Crippen molar-refractivity contribution in [2.45, 2.75) is 5.92 Å². The van der Waals surface area contributed by atoms with Crippen LogP contribution in [0.1, 0.15) is 17.0 Å². The quantitative estimate of drug-likeness (QED) is 0.295. The molecule has 0 atom stereocenters. The summed E-state index contributed by atoms with van der Waals surface area (Å²) in [6.07, 6.45) is 0. The molecule has 4 heteroatoms. The Labute approximate surface area is 202 Å². The number of fused-ring (bicyclic) bond motifs is 2. The van der Waals surface area contributed by atoms with Crippen LogP contribution < -0.4 is 5.32 Å². The van der Waals surface area contributed by atoms with Gasteiger partial charge in [-0.2, -0.15) is 0 Å². The summed E-state index contributed by atoms with van der Waals surface area (Å²) in [7, 11) is 0. The van der Waals surface area contributed by atoms with E-state index < -0.39 is 5.92 Å². The van der Waals surface area contributed by atoms with Crippen molar-refractivity contribution in [3.05, 3.63) is 132 Å². The zero-order valence-corrected chi connectivity index (χ0v) is 18.9. The lowest BCUT2D eigenvalue weighted by Crippen LogP contribution is -2.22. The third-order valence-corrected chi connectivity index (χ3v) is 6.20. The molecule has 5 aromatic carbocycles. The number of aromatic nitrogens is 1. The Bertz CT molecular complexity index is 1590. The summed E-state index contributed by atoms with van der Waals surface area (Å²) in [4.78, 5) is 18.2. The summed E-state index contributed by atoms with van der Waals surface area (Å²) in [6, 6.07) is 39.5. The number of hydrogen-bond donors (Lipinski definition) is 1. The third-order valence-electron chi connectivity index (χ3n) is 6.20. The molecule has 1 heterocycles. The molecule has 0 saturated carbocycles. The SMILES string of the molecule is O=C(Nc1ccc2oc(-c3cccc4ccccc34)nc2c1)C(c1ccccc1)c1ccccc1. The lowest BCUT2D eigenvalue weighted by molar-refractivity contribution is -0.116. The zero-order chi connectivity index (χ0) is 23.6. The average molecular weight is 455 g/mol. The fourth-order valence-electron chi connectivity index (χ4n) is 4.53. The lowest BCUT2D eigenvalue weighted by Gasteiger charge is -2.18. The maximum absolute atomic E-state index is 13.5. The first-order valence-corrected chi connectivity index (χ1v) is 11.6. The summed E-state index contributed by atoms with van der Waals surface area (Å²) in [6.45, 7) is 0. The van der Waals surface area contributed by atoms with Gasteiger partial charge >= 0.3 is 0 Å². The van der Waals surface area contributed by atoms with E-state index in [2.05, 4.69) is 23.5 Å². The Hall–Kier alpha value is -4.70. The molecule has 4 nitrogen and oxygen atoms in total. The lowest BCUT2D eigenvalue weighted by atomic mass is 9.90. The number of amides is 1. The summed E-state index contributed by atoms with van der Waals surface area (Å²) in [5, 5.41) is 5.31. The molecule has 0 bridgehead atoms. The van der Waals surface area contributed by atoms with Crippen molar-refractivity contribution in [1.82, 2.24) is 4.98 Å². The topological polar surface area (TPSA) is 55.1 Å². The molecule has 0 aliphatic heterocycles. The van der Waals surface area contributed by atoms with Gasteiger partial charge in [-0.25, -0.2) is 4.98 Å². The molecule has 0 unspecified atom stereocenters. The highest BCUT2D eigenvalue weighted by molar-refractivity contribution is 6.00. The standard InChI is InChI=1S/C31H22N2O2/c34-30(29(22-11-3-1-4-12-22)23-13-5-2-6-14-23)32-24-18-19-28-27(20-24)33-31(35-28)26-17-9-15-21-10-7-8-16-25(21)26/h1-20,29H,(H,32,34). The molecule has 6 rings (SSSR count). The highest BCUT2D eigenvalue weighted by atomic mass is 16.3. The molecule has 1 amide bonds. The average Bonchev–Trinajstić information content (AvgIpc) is 3.33. The highest BCUT2D eigenvalue weighted by Gasteiger charge is 2.23. The number of carbonyl (C=O) groups is 1. The van der Waals surface area contributed by atoms with E-state index in [1.807, 2.05) is 103 Å². The van der Waals surface area contributed by atoms with Crippen LogP contribution in [0.4, 0.5) is 5.69 Å². The molecule has 1 aromatic heterocycles. The summed E-state index contributed by atoms with van der Waals surface area (Å²) in [5.41, 5.74) is 4.87. The van der Waals surface area contributed by atoms with E-state index in [-0.39, 0.29) is 5.91 Å². The van der Waals surface area contributed by atoms with Crippen molar-refractivity contribution in [3.8, 4) is 11.5 Å². The molecule has 1 N–H and O–H groups in total. The molecule has 168 valence electrons. The van der Waals surface area contributed by atoms with Crippen LogP contribution in [-0.4, -0.2) is 10.9 Å². The van der Waals surface area contributed by atoms with Crippen molar-refractivity contribution in [2.24, 2.45) is 0 Å². The number of carbonyl (C=O) groups excluding carboxylic acids is 1. The molecule has 35 heavy (non-hydrogen) atoms. The number of nitrogens with one attached hydrogen (secondary N) is 1. The van der Waals surface area contributed by atoms with Gasteiger partial charge in [-0.05, 0) is 46.2 Å². The first kappa shape index (κ1) is 20.9. The largest absolute Gasteiger partial charge is 0.436 e. The first-order valence-electron chi connectivity index (χ1n) is 11.6. The van der Waals surface area contributed by atoms with Gasteiger partial charge in [-0.3, -0.25) is 4.79 Å². The predicted molar refractivity (Wildman–Crippen MR) is 140 cm³/mol. The minimum Gasteiger partial charge on any atom is -0.436 e. The van der Waals surface area contributed by atoms with Gasteiger partial charge in [0.05, 0.1) is 5.92 Å². The second-order valence-corrected chi connectivity index (χ2v) is 8.47. The van der Waals surface area contributed by atoms with Gasteiger partial charge in [-0.15, -0.1) is 0 Å². The maximum Gasteiger partial charge on any atom is 0.236 e. The minimum absolute atomic E-state index is 0.0977. The van der Waals surface area contributed by atoms with Gasteiger partial charge in [0, 0.05) is 11.3 Å². The van der Waals surface area contributed by atoms with E-state index in [0.29, 0.717) is 22.7 Å². The van der Waals surface area contributed by atoms with E-state index in [0.717, 1.165) is 27.5 Å². The number of anilines is 1. The van der Waals surface area contributed by atoms with Crippen molar-refractivity contribution in [3.63, 3.8) is 0 Å². The second kappa shape index (κ2) is 8.92. The van der Waals surface area contributed by atoms with Gasteiger partial charge < -0.3 is 9.73 Å². The second-order valence-electron chi connectivity index (χ2n) is 8.47. The number of nitrogens with zero attached hydrogens (tertiary/aromatic N) is 1. The first-order chi connectivity index (χ1) is 17.3. The molecular formula is C31H22N2O2. The van der Waals surface area contributed by atoms with Gasteiger partial charge in [0.1, 0.15) is 5.52 Å². The van der Waals surface area contributed by atoms with Crippen molar-refractivity contribution in [1.29, 1.82) is 0 Å². The van der Waals surface area contributed by atoms with Crippen LogP contribution in [0, 0.1) is 0 Å². The zero-order valence-electron chi connectivity index (χ0n) is 18.9. The molecule has 0 aliphatic carbocycles. The number of hydrogen-bond acceptors (Lipinski definition) is 3. The fourth-order valence-corrected chi connectivity index (χ4v) is 4.53. The van der Waals surface area contributed by atoms with Crippen LogP contribution in [0.25, 0.3) is 33.3 Å². The fraction of sp³-hybridized carbons (Fsp3) is 0.0323. The van der Waals surface area contributed by atoms with E-state index in [1.165, 1.54) is 0 Å². The van der Waals surface area contributed by atoms with E-state index in [9.17, 15) is 4.79 Å². The smallest absolute Gasteiger partial charge is 0.236 e. The number of benzene rings is 5. The Morgan fingerprint density at radius 3 is 2.11 bits per heavy atom. The van der Waals surface area contributed by atoms with Gasteiger partial charge in [0.25, 0.3) is 0 Å².